The fourth-order valence-corrected chi connectivity index (χ4v) is 2.28. The number of nitrogens with zero attached hydrogens (tertiary/aromatic N) is 2. The number of halogens is 1. The Labute approximate surface area is 114 Å². The molecule has 0 aliphatic carbocycles. The van der Waals surface area contributed by atoms with Gasteiger partial charge in [0.2, 0.25) is 0 Å². The average Bonchev–Trinajstić information content (AvgIpc) is 2.45. The molecule has 19 heavy (non-hydrogen) atoms. The van der Waals surface area contributed by atoms with E-state index in [1.807, 2.05) is 6.92 Å². The third-order valence-electron chi connectivity index (χ3n) is 3.55. The van der Waals surface area contributed by atoms with Crippen molar-refractivity contribution in [2.24, 2.45) is 0 Å². The summed E-state index contributed by atoms with van der Waals surface area (Å²) in [5, 5.41) is 3.38. The van der Waals surface area contributed by atoms with Gasteiger partial charge in [-0.1, -0.05) is 6.92 Å². The smallest absolute Gasteiger partial charge is 0.141 e. The van der Waals surface area contributed by atoms with Crippen LogP contribution in [0.5, 0.6) is 0 Å². The van der Waals surface area contributed by atoms with Gasteiger partial charge < -0.3 is 10.1 Å². The molecule has 0 spiro atoms. The Morgan fingerprint density at radius 2 is 2.42 bits per heavy atom. The number of aromatic nitrogens is 1. The van der Waals surface area contributed by atoms with Gasteiger partial charge in [0.15, 0.2) is 0 Å². The maximum Gasteiger partial charge on any atom is 0.141 e. The van der Waals surface area contributed by atoms with Crippen LogP contribution in [-0.2, 0) is 4.74 Å². The second-order valence-corrected chi connectivity index (χ2v) is 4.95. The minimum absolute atomic E-state index is 0.0730. The quantitative estimate of drug-likeness (QED) is 0.879. The van der Waals surface area contributed by atoms with Crippen molar-refractivity contribution in [1.29, 1.82) is 0 Å². The van der Waals surface area contributed by atoms with Crippen LogP contribution in [0.2, 0.25) is 0 Å². The van der Waals surface area contributed by atoms with Gasteiger partial charge in [0.05, 0.1) is 18.9 Å². The molecule has 1 fully saturated rings. The Morgan fingerprint density at radius 1 is 1.58 bits per heavy atom. The number of nitrogens with one attached hydrogen (secondary N) is 1. The Morgan fingerprint density at radius 3 is 3.16 bits per heavy atom. The number of pyridine rings is 1. The first kappa shape index (κ1) is 14.4. The normalized spacial score (nSPS) is 22.4. The first-order valence-corrected chi connectivity index (χ1v) is 6.86. The third-order valence-corrected chi connectivity index (χ3v) is 3.55. The molecule has 2 unspecified atom stereocenters. The van der Waals surface area contributed by atoms with E-state index in [2.05, 4.69) is 22.1 Å². The van der Waals surface area contributed by atoms with Crippen molar-refractivity contribution in [3.63, 3.8) is 0 Å². The van der Waals surface area contributed by atoms with E-state index in [-0.39, 0.29) is 18.0 Å². The van der Waals surface area contributed by atoms with Crippen molar-refractivity contribution >= 4 is 0 Å². The summed E-state index contributed by atoms with van der Waals surface area (Å²) in [6, 6.07) is 1.59. The molecule has 1 aliphatic heterocycles. The highest BCUT2D eigenvalue weighted by Gasteiger charge is 2.19. The highest BCUT2D eigenvalue weighted by molar-refractivity contribution is 5.14. The first-order chi connectivity index (χ1) is 9.19. The lowest BCUT2D eigenvalue weighted by Crippen LogP contribution is -2.46. The lowest BCUT2D eigenvalue weighted by atomic mass is 10.1. The van der Waals surface area contributed by atoms with E-state index >= 15 is 0 Å². The predicted molar refractivity (Wildman–Crippen MR) is 72.5 cm³/mol. The summed E-state index contributed by atoms with van der Waals surface area (Å²) in [6.45, 7) is 8.76. The number of hydrogen-bond acceptors (Lipinski definition) is 4. The number of rotatable bonds is 5. The maximum absolute atomic E-state index is 13.1. The molecule has 2 atom stereocenters. The molecule has 0 bridgehead atoms. The highest BCUT2D eigenvalue weighted by atomic mass is 19.1. The van der Waals surface area contributed by atoms with Crippen LogP contribution in [0.1, 0.15) is 25.5 Å². The van der Waals surface area contributed by atoms with Gasteiger partial charge in [-0.2, -0.15) is 0 Å². The molecule has 0 amide bonds. The standard InChI is InChI=1S/C14H22FN3O/c1-3-18-4-5-19-14(10-18)9-17-11(2)12-6-13(15)8-16-7-12/h6-8,11,14,17H,3-5,9-10H2,1-2H3. The van der Waals surface area contributed by atoms with Gasteiger partial charge in [-0.25, -0.2) is 4.39 Å². The highest BCUT2D eigenvalue weighted by Crippen LogP contribution is 2.12. The van der Waals surface area contributed by atoms with E-state index in [0.29, 0.717) is 0 Å². The molecule has 5 heteroatoms. The minimum Gasteiger partial charge on any atom is -0.374 e. The van der Waals surface area contributed by atoms with Crippen LogP contribution in [0, 0.1) is 5.82 Å². The van der Waals surface area contributed by atoms with Gasteiger partial charge in [-0.05, 0) is 25.1 Å². The summed E-state index contributed by atoms with van der Waals surface area (Å²) in [7, 11) is 0. The molecule has 1 aromatic heterocycles. The van der Waals surface area contributed by atoms with Gasteiger partial charge in [0, 0.05) is 31.9 Å². The summed E-state index contributed by atoms with van der Waals surface area (Å²) < 4.78 is 18.8. The van der Waals surface area contributed by atoms with E-state index in [1.165, 1.54) is 12.3 Å². The molecule has 0 saturated carbocycles. The minimum atomic E-state index is -0.294. The maximum atomic E-state index is 13.1. The van der Waals surface area contributed by atoms with E-state index in [1.54, 1.807) is 6.20 Å². The molecular formula is C14H22FN3O. The van der Waals surface area contributed by atoms with Gasteiger partial charge in [0.25, 0.3) is 0 Å². The lowest BCUT2D eigenvalue weighted by Gasteiger charge is -2.32. The summed E-state index contributed by atoms with van der Waals surface area (Å²) in [5.41, 5.74) is 0.864. The van der Waals surface area contributed by atoms with Crippen LogP contribution in [0.25, 0.3) is 0 Å². The molecule has 2 rings (SSSR count). The number of ether oxygens (including phenoxy) is 1. The fraction of sp³-hybridized carbons (Fsp3) is 0.643. The van der Waals surface area contributed by atoms with Crippen molar-refractivity contribution in [2.45, 2.75) is 26.0 Å². The van der Waals surface area contributed by atoms with Crippen molar-refractivity contribution in [1.82, 2.24) is 15.2 Å². The molecular weight excluding hydrogens is 245 g/mol. The molecule has 2 heterocycles. The largest absolute Gasteiger partial charge is 0.374 e. The second kappa shape index (κ2) is 6.93. The zero-order valence-corrected chi connectivity index (χ0v) is 11.6. The lowest BCUT2D eigenvalue weighted by molar-refractivity contribution is -0.0262. The summed E-state index contributed by atoms with van der Waals surface area (Å²) in [4.78, 5) is 6.25. The Balaban J connectivity index is 1.81. The van der Waals surface area contributed by atoms with E-state index in [9.17, 15) is 4.39 Å². The van der Waals surface area contributed by atoms with E-state index in [4.69, 9.17) is 4.74 Å². The van der Waals surface area contributed by atoms with Crippen molar-refractivity contribution in [3.8, 4) is 0 Å². The van der Waals surface area contributed by atoms with Crippen LogP contribution >= 0.6 is 0 Å². The third kappa shape index (κ3) is 4.23. The van der Waals surface area contributed by atoms with Gasteiger partial charge >= 0.3 is 0 Å². The topological polar surface area (TPSA) is 37.4 Å². The summed E-state index contributed by atoms with van der Waals surface area (Å²) in [6.07, 6.45) is 3.12. The Bertz CT molecular complexity index is 402. The van der Waals surface area contributed by atoms with Gasteiger partial charge in [-0.15, -0.1) is 0 Å². The average molecular weight is 267 g/mol. The Hall–Kier alpha value is -1.04. The first-order valence-electron chi connectivity index (χ1n) is 6.86. The number of likely N-dealkylation sites (N-methyl/N-ethyl adjacent to an activating group) is 1. The summed E-state index contributed by atoms with van der Waals surface area (Å²) in [5.74, 6) is -0.294. The fourth-order valence-electron chi connectivity index (χ4n) is 2.28. The van der Waals surface area contributed by atoms with Crippen molar-refractivity contribution in [2.75, 3.05) is 32.8 Å². The zero-order chi connectivity index (χ0) is 13.7. The number of hydrogen-bond donors (Lipinski definition) is 1. The van der Waals surface area contributed by atoms with Crippen LogP contribution in [0.4, 0.5) is 4.39 Å². The molecule has 1 aliphatic rings. The SMILES string of the molecule is CCN1CCOC(CNC(C)c2cncc(F)c2)C1. The molecule has 0 aromatic carbocycles. The van der Waals surface area contributed by atoms with Crippen LogP contribution < -0.4 is 5.32 Å². The molecule has 1 saturated heterocycles. The molecule has 1 N–H and O–H groups in total. The molecule has 106 valence electrons. The van der Waals surface area contributed by atoms with Crippen LogP contribution in [0.3, 0.4) is 0 Å². The monoisotopic (exact) mass is 267 g/mol. The molecule has 1 aromatic rings. The van der Waals surface area contributed by atoms with Crippen molar-refractivity contribution in [3.05, 3.63) is 29.8 Å². The molecule has 0 radical (unpaired) electrons. The van der Waals surface area contributed by atoms with E-state index < -0.39 is 0 Å². The predicted octanol–water partition coefficient (Wildman–Crippen LogP) is 1.59. The Kier molecular flexibility index (Phi) is 5.24. The van der Waals surface area contributed by atoms with Crippen LogP contribution in [0.15, 0.2) is 18.5 Å². The van der Waals surface area contributed by atoms with Crippen molar-refractivity contribution < 1.29 is 9.13 Å². The van der Waals surface area contributed by atoms with Crippen LogP contribution in [-0.4, -0.2) is 48.8 Å². The zero-order valence-electron chi connectivity index (χ0n) is 11.6. The second-order valence-electron chi connectivity index (χ2n) is 4.95. The van der Waals surface area contributed by atoms with Gasteiger partial charge in [-0.3, -0.25) is 9.88 Å². The van der Waals surface area contributed by atoms with E-state index in [0.717, 1.165) is 38.3 Å². The number of morpholine rings is 1. The molecule has 4 nitrogen and oxygen atoms in total. The summed E-state index contributed by atoms with van der Waals surface area (Å²) >= 11 is 0. The van der Waals surface area contributed by atoms with Gasteiger partial charge in [0.1, 0.15) is 5.82 Å².